The predicted molar refractivity (Wildman–Crippen MR) is 136 cm³/mol. The number of nitrogens with zero attached hydrogens (tertiary/aromatic N) is 4. The summed E-state index contributed by atoms with van der Waals surface area (Å²) in [5.74, 6) is -0.524. The number of piperazine rings is 1. The van der Waals surface area contributed by atoms with Crippen LogP contribution in [0.15, 0.2) is 36.7 Å². The van der Waals surface area contributed by atoms with Crippen molar-refractivity contribution in [1.29, 1.82) is 0 Å². The fourth-order valence-electron chi connectivity index (χ4n) is 3.76. The van der Waals surface area contributed by atoms with Gasteiger partial charge in [0.2, 0.25) is 11.5 Å². The molecule has 2 aromatic rings. The number of hydrogen-bond donors (Lipinski definition) is 1. The van der Waals surface area contributed by atoms with Crippen LogP contribution in [-0.4, -0.2) is 68.2 Å². The molecule has 3 rings (SSSR count). The molecular formula is C25H33F4N5O3S. The highest BCUT2D eigenvalue weighted by atomic mass is 32.2. The highest BCUT2D eigenvalue weighted by Gasteiger charge is 2.61. The molecule has 0 spiro atoms. The van der Waals surface area contributed by atoms with Gasteiger partial charge in [0, 0.05) is 55.5 Å². The van der Waals surface area contributed by atoms with Gasteiger partial charge in [-0.05, 0) is 59.2 Å². The standard InChI is InChI=1S/C25H33F4N5O3S/c1-22(2,3)37-21(35)34-13-11-33(12-14-34)20-30-15-18(16-31-20)24(25(27,28)29,32-38(36)23(4,5)6)17-7-9-19(26)10-8-17/h7-10,15-16,32H,11-14H2,1-6H3/t24-,38-/m0/s1. The summed E-state index contributed by atoms with van der Waals surface area (Å²) in [6.07, 6.45) is -3.37. The second-order valence-electron chi connectivity index (χ2n) is 11.0. The first kappa shape index (κ1) is 29.9. The summed E-state index contributed by atoms with van der Waals surface area (Å²) in [4.78, 5) is 24.0. The van der Waals surface area contributed by atoms with E-state index in [1.54, 1.807) is 51.3 Å². The second-order valence-corrected chi connectivity index (χ2v) is 12.9. The van der Waals surface area contributed by atoms with Crippen LogP contribution in [0, 0.1) is 5.82 Å². The molecule has 0 radical (unpaired) electrons. The molecule has 13 heteroatoms. The van der Waals surface area contributed by atoms with Gasteiger partial charge in [0.15, 0.2) is 0 Å². The van der Waals surface area contributed by atoms with Gasteiger partial charge in [-0.2, -0.15) is 13.2 Å². The van der Waals surface area contributed by atoms with Crippen LogP contribution >= 0.6 is 0 Å². The number of amides is 1. The van der Waals surface area contributed by atoms with Gasteiger partial charge in [-0.1, -0.05) is 12.1 Å². The molecule has 2 atom stereocenters. The minimum Gasteiger partial charge on any atom is -0.598 e. The topological polar surface area (TPSA) is 93.7 Å². The highest BCUT2D eigenvalue weighted by Crippen LogP contribution is 2.45. The molecule has 38 heavy (non-hydrogen) atoms. The number of nitrogens with one attached hydrogen (secondary N) is 1. The first-order valence-electron chi connectivity index (χ1n) is 12.0. The van der Waals surface area contributed by atoms with Crippen molar-refractivity contribution in [1.82, 2.24) is 19.6 Å². The molecule has 1 amide bonds. The third kappa shape index (κ3) is 6.67. The normalized spacial score (nSPS) is 17.7. The van der Waals surface area contributed by atoms with Crippen molar-refractivity contribution >= 4 is 23.4 Å². The lowest BCUT2D eigenvalue weighted by Crippen LogP contribution is -2.59. The maximum Gasteiger partial charge on any atom is 0.419 e. The summed E-state index contributed by atoms with van der Waals surface area (Å²) >= 11 is -2.16. The SMILES string of the molecule is CC(C)(C)OC(=O)N1CCN(c2ncc([C@@](N[S@@+]([O-])C(C)(C)C)(c3ccc(F)cc3)C(F)(F)F)cn2)CC1. The third-order valence-corrected chi connectivity index (χ3v) is 7.39. The van der Waals surface area contributed by atoms with Crippen molar-refractivity contribution in [2.24, 2.45) is 0 Å². The van der Waals surface area contributed by atoms with Gasteiger partial charge in [-0.3, -0.25) is 0 Å². The molecule has 1 aliphatic rings. The average Bonchev–Trinajstić information content (AvgIpc) is 2.81. The second kappa shape index (κ2) is 10.9. The van der Waals surface area contributed by atoms with Crippen molar-refractivity contribution in [3.63, 3.8) is 0 Å². The number of anilines is 1. The molecule has 1 aromatic carbocycles. The van der Waals surface area contributed by atoms with Crippen molar-refractivity contribution in [2.45, 2.75) is 63.6 Å². The van der Waals surface area contributed by atoms with Crippen LogP contribution in [-0.2, 0) is 21.6 Å². The van der Waals surface area contributed by atoms with E-state index in [0.717, 1.165) is 36.7 Å². The quantitative estimate of drug-likeness (QED) is 0.425. The predicted octanol–water partition coefficient (Wildman–Crippen LogP) is 4.53. The zero-order valence-corrected chi connectivity index (χ0v) is 23.0. The van der Waals surface area contributed by atoms with Crippen LogP contribution in [0.25, 0.3) is 0 Å². The Morgan fingerprint density at radius 2 is 1.47 bits per heavy atom. The smallest absolute Gasteiger partial charge is 0.419 e. The number of halogens is 4. The largest absolute Gasteiger partial charge is 0.598 e. The highest BCUT2D eigenvalue weighted by molar-refractivity contribution is 7.90. The lowest BCUT2D eigenvalue weighted by molar-refractivity contribution is -0.182. The van der Waals surface area contributed by atoms with Crippen molar-refractivity contribution in [2.75, 3.05) is 31.1 Å². The first-order valence-corrected chi connectivity index (χ1v) is 13.2. The van der Waals surface area contributed by atoms with Crippen LogP contribution in [0.1, 0.15) is 52.7 Å². The number of aromatic nitrogens is 2. The number of ether oxygens (including phenoxy) is 1. The van der Waals surface area contributed by atoms with E-state index in [1.165, 1.54) is 0 Å². The van der Waals surface area contributed by atoms with Gasteiger partial charge in [0.1, 0.15) is 16.2 Å². The van der Waals surface area contributed by atoms with Crippen molar-refractivity contribution < 1.29 is 31.6 Å². The van der Waals surface area contributed by atoms with Gasteiger partial charge in [-0.25, -0.2) is 19.2 Å². The van der Waals surface area contributed by atoms with E-state index in [0.29, 0.717) is 26.2 Å². The van der Waals surface area contributed by atoms with Crippen LogP contribution in [0.5, 0.6) is 0 Å². The van der Waals surface area contributed by atoms with E-state index in [-0.39, 0.29) is 11.5 Å². The number of hydrogen-bond acceptors (Lipinski definition) is 7. The molecule has 1 aromatic heterocycles. The summed E-state index contributed by atoms with van der Waals surface area (Å²) in [6.45, 7) is 11.3. The van der Waals surface area contributed by atoms with E-state index < -0.39 is 50.9 Å². The van der Waals surface area contributed by atoms with Gasteiger partial charge in [0.25, 0.3) is 0 Å². The molecule has 0 saturated carbocycles. The number of benzene rings is 1. The summed E-state index contributed by atoms with van der Waals surface area (Å²) in [7, 11) is 0. The minimum atomic E-state index is -4.99. The molecule has 0 bridgehead atoms. The average molecular weight is 560 g/mol. The lowest BCUT2D eigenvalue weighted by Gasteiger charge is -2.39. The van der Waals surface area contributed by atoms with Crippen LogP contribution in [0.2, 0.25) is 0 Å². The van der Waals surface area contributed by atoms with Crippen LogP contribution in [0.3, 0.4) is 0 Å². The number of rotatable bonds is 5. The third-order valence-electron chi connectivity index (χ3n) is 5.79. The summed E-state index contributed by atoms with van der Waals surface area (Å²) < 4.78 is 77.8. The monoisotopic (exact) mass is 559 g/mol. The Morgan fingerprint density at radius 3 is 1.92 bits per heavy atom. The zero-order chi connectivity index (χ0) is 28.5. The van der Waals surface area contributed by atoms with E-state index in [2.05, 4.69) is 14.7 Å². The number of carbonyl (C=O) groups is 1. The summed E-state index contributed by atoms with van der Waals surface area (Å²) in [5, 5.41) is 0. The fraction of sp³-hybridized carbons (Fsp3) is 0.560. The Balaban J connectivity index is 1.92. The first-order chi connectivity index (χ1) is 17.4. The molecule has 0 unspecified atom stereocenters. The van der Waals surface area contributed by atoms with E-state index in [1.807, 2.05) is 0 Å². The molecule has 8 nitrogen and oxygen atoms in total. The van der Waals surface area contributed by atoms with Gasteiger partial charge in [0.05, 0.1) is 0 Å². The van der Waals surface area contributed by atoms with Gasteiger partial charge < -0.3 is 19.1 Å². The number of alkyl halides is 3. The lowest BCUT2D eigenvalue weighted by atomic mass is 9.84. The Morgan fingerprint density at radius 1 is 0.947 bits per heavy atom. The molecule has 210 valence electrons. The van der Waals surface area contributed by atoms with Gasteiger partial charge >= 0.3 is 12.3 Å². The molecular weight excluding hydrogens is 526 g/mol. The van der Waals surface area contributed by atoms with Crippen LogP contribution < -0.4 is 9.62 Å². The molecule has 1 fully saturated rings. The number of carbonyl (C=O) groups excluding carboxylic acids is 1. The Bertz CT molecular complexity index is 1100. The maximum absolute atomic E-state index is 14.9. The summed E-state index contributed by atoms with van der Waals surface area (Å²) in [6, 6.07) is 3.83. The molecule has 0 aliphatic carbocycles. The van der Waals surface area contributed by atoms with E-state index >= 15 is 0 Å². The minimum absolute atomic E-state index is 0.185. The maximum atomic E-state index is 14.9. The fourth-order valence-corrected chi connectivity index (χ4v) is 4.69. The van der Waals surface area contributed by atoms with E-state index in [4.69, 9.17) is 4.74 Å². The summed E-state index contributed by atoms with van der Waals surface area (Å²) in [5.41, 5.74) is -4.35. The van der Waals surface area contributed by atoms with Crippen molar-refractivity contribution in [3.8, 4) is 0 Å². The molecule has 1 aliphatic heterocycles. The Labute approximate surface area is 223 Å². The molecule has 1 N–H and O–H groups in total. The molecule has 1 saturated heterocycles. The Hall–Kier alpha value is -2.64. The Kier molecular flexibility index (Phi) is 8.54. The zero-order valence-electron chi connectivity index (χ0n) is 22.2. The van der Waals surface area contributed by atoms with E-state index in [9.17, 15) is 26.9 Å². The molecule has 2 heterocycles. The van der Waals surface area contributed by atoms with Gasteiger partial charge in [-0.15, -0.1) is 4.72 Å². The van der Waals surface area contributed by atoms with Crippen molar-refractivity contribution in [3.05, 3.63) is 53.6 Å². The van der Waals surface area contributed by atoms with Crippen LogP contribution in [0.4, 0.5) is 28.3 Å².